The lowest BCUT2D eigenvalue weighted by Gasteiger charge is -2.33. The van der Waals surface area contributed by atoms with Gasteiger partial charge in [-0.3, -0.25) is 4.79 Å². The Morgan fingerprint density at radius 1 is 1.12 bits per heavy atom. The van der Waals surface area contributed by atoms with E-state index >= 15 is 0 Å². The van der Waals surface area contributed by atoms with Gasteiger partial charge < -0.3 is 19.7 Å². The van der Waals surface area contributed by atoms with Gasteiger partial charge in [-0.05, 0) is 67.0 Å². The lowest BCUT2D eigenvalue weighted by atomic mass is 9.82. The molecular formula is C25H23ClFNO5. The van der Waals surface area contributed by atoms with Crippen LogP contribution in [0.25, 0.3) is 21.9 Å². The molecule has 5 rings (SSSR count). The van der Waals surface area contributed by atoms with Crippen molar-refractivity contribution in [1.82, 2.24) is 4.98 Å². The number of carboxylic acids is 1. The molecule has 1 aliphatic carbocycles. The van der Waals surface area contributed by atoms with Crippen LogP contribution in [0.2, 0.25) is 5.02 Å². The van der Waals surface area contributed by atoms with Crippen molar-refractivity contribution in [1.29, 1.82) is 0 Å². The second-order valence-corrected chi connectivity index (χ2v) is 9.08. The molecule has 0 unspecified atom stereocenters. The third-order valence-electron chi connectivity index (χ3n) is 6.52. The van der Waals surface area contributed by atoms with E-state index < -0.39 is 17.7 Å². The molecule has 6 nitrogen and oxygen atoms in total. The van der Waals surface area contributed by atoms with Gasteiger partial charge in [0.1, 0.15) is 17.7 Å². The van der Waals surface area contributed by atoms with Crippen molar-refractivity contribution in [2.45, 2.75) is 37.7 Å². The molecule has 1 aromatic heterocycles. The predicted molar refractivity (Wildman–Crippen MR) is 121 cm³/mol. The minimum Gasteiger partial charge on any atom is -0.508 e. The quantitative estimate of drug-likeness (QED) is 0.508. The third kappa shape index (κ3) is 4.23. The number of rotatable bonds is 5. The zero-order valence-electron chi connectivity index (χ0n) is 17.8. The second kappa shape index (κ2) is 8.80. The maximum atomic E-state index is 13.9. The van der Waals surface area contributed by atoms with Crippen molar-refractivity contribution < 1.29 is 28.9 Å². The largest absolute Gasteiger partial charge is 0.508 e. The van der Waals surface area contributed by atoms with Crippen LogP contribution in [-0.4, -0.2) is 40.5 Å². The van der Waals surface area contributed by atoms with Crippen LogP contribution in [0.1, 0.15) is 37.3 Å². The first-order chi connectivity index (χ1) is 15.9. The standard InChI is InChI=1S/C25H23ClFNO5/c26-20-11-14(1-4-21(20)27)22-18-3-2-16(29)12-19(18)24(33-17-9-15(10-17)25(30)31)28-23(22)13-5-7-32-8-6-13/h1-4,11-13,15,17,29H,5-10H2,(H,30,31). The molecule has 0 bridgehead atoms. The number of pyridine rings is 1. The van der Waals surface area contributed by atoms with Crippen LogP contribution in [0.5, 0.6) is 11.6 Å². The van der Waals surface area contributed by atoms with Crippen molar-refractivity contribution in [2.24, 2.45) is 5.92 Å². The van der Waals surface area contributed by atoms with E-state index in [0.29, 0.717) is 37.3 Å². The summed E-state index contributed by atoms with van der Waals surface area (Å²) < 4.78 is 25.6. The van der Waals surface area contributed by atoms with Gasteiger partial charge in [0.05, 0.1) is 16.6 Å². The number of carbonyl (C=O) groups is 1. The number of benzene rings is 2. The lowest BCUT2D eigenvalue weighted by Crippen LogP contribution is -2.38. The maximum Gasteiger partial charge on any atom is 0.306 e. The van der Waals surface area contributed by atoms with Gasteiger partial charge in [-0.15, -0.1) is 0 Å². The fourth-order valence-electron chi connectivity index (χ4n) is 4.62. The Kier molecular flexibility index (Phi) is 5.85. The smallest absolute Gasteiger partial charge is 0.306 e. The Labute approximate surface area is 194 Å². The first-order valence-electron chi connectivity index (χ1n) is 11.0. The van der Waals surface area contributed by atoms with Crippen molar-refractivity contribution >= 4 is 28.3 Å². The molecule has 0 atom stereocenters. The van der Waals surface area contributed by atoms with Gasteiger partial charge in [0.15, 0.2) is 0 Å². The highest BCUT2D eigenvalue weighted by Crippen LogP contribution is 2.44. The molecule has 0 amide bonds. The molecule has 2 heterocycles. The van der Waals surface area contributed by atoms with Crippen LogP contribution in [0, 0.1) is 11.7 Å². The number of ether oxygens (including phenoxy) is 2. The number of aromatic hydroxyl groups is 1. The van der Waals surface area contributed by atoms with Gasteiger partial charge in [-0.2, -0.15) is 0 Å². The Balaban J connectivity index is 1.67. The summed E-state index contributed by atoms with van der Waals surface area (Å²) in [5.41, 5.74) is 2.36. The molecule has 172 valence electrons. The molecule has 0 spiro atoms. The molecule has 33 heavy (non-hydrogen) atoms. The number of carboxylic acid groups (broad SMARTS) is 1. The van der Waals surface area contributed by atoms with Gasteiger partial charge >= 0.3 is 5.97 Å². The molecule has 2 aliphatic rings. The third-order valence-corrected chi connectivity index (χ3v) is 6.81. The topological polar surface area (TPSA) is 88.9 Å². The Morgan fingerprint density at radius 2 is 1.88 bits per heavy atom. The van der Waals surface area contributed by atoms with E-state index in [1.54, 1.807) is 30.3 Å². The van der Waals surface area contributed by atoms with E-state index in [2.05, 4.69) is 0 Å². The second-order valence-electron chi connectivity index (χ2n) is 8.67. The average molecular weight is 472 g/mol. The number of aromatic nitrogens is 1. The van der Waals surface area contributed by atoms with Gasteiger partial charge in [0.25, 0.3) is 0 Å². The molecule has 0 radical (unpaired) electrons. The summed E-state index contributed by atoms with van der Waals surface area (Å²) in [5, 5.41) is 20.8. The fraction of sp³-hybridized carbons (Fsp3) is 0.360. The normalized spacial score (nSPS) is 21.0. The highest BCUT2D eigenvalue weighted by molar-refractivity contribution is 6.31. The predicted octanol–water partition coefficient (Wildman–Crippen LogP) is 5.54. The molecule has 2 aromatic carbocycles. The lowest BCUT2D eigenvalue weighted by molar-refractivity contribution is -0.148. The minimum atomic E-state index is -0.822. The molecule has 1 saturated carbocycles. The van der Waals surface area contributed by atoms with Crippen LogP contribution in [0.15, 0.2) is 36.4 Å². The summed E-state index contributed by atoms with van der Waals surface area (Å²) in [6, 6.07) is 9.59. The van der Waals surface area contributed by atoms with E-state index in [9.17, 15) is 19.4 Å². The fourth-order valence-corrected chi connectivity index (χ4v) is 4.80. The highest BCUT2D eigenvalue weighted by atomic mass is 35.5. The summed E-state index contributed by atoms with van der Waals surface area (Å²) in [6.07, 6.45) is 2.14. The number of phenols is 1. The van der Waals surface area contributed by atoms with Crippen molar-refractivity contribution in [3.63, 3.8) is 0 Å². The Hall–Kier alpha value is -2.90. The number of hydrogen-bond acceptors (Lipinski definition) is 5. The number of fused-ring (bicyclic) bond motifs is 1. The van der Waals surface area contributed by atoms with Crippen molar-refractivity contribution in [2.75, 3.05) is 13.2 Å². The number of aliphatic carboxylic acids is 1. The number of halogens is 2. The summed E-state index contributed by atoms with van der Waals surface area (Å²) >= 11 is 6.12. The summed E-state index contributed by atoms with van der Waals surface area (Å²) in [5.74, 6) is -1.20. The molecule has 2 N–H and O–H groups in total. The Bertz CT molecular complexity index is 1220. The van der Waals surface area contributed by atoms with Gasteiger partial charge in [0.2, 0.25) is 5.88 Å². The number of nitrogens with zero attached hydrogens (tertiary/aromatic N) is 1. The average Bonchev–Trinajstić information content (AvgIpc) is 2.77. The van der Waals surface area contributed by atoms with Crippen molar-refractivity contribution in [3.8, 4) is 22.8 Å². The monoisotopic (exact) mass is 471 g/mol. The zero-order valence-corrected chi connectivity index (χ0v) is 18.5. The summed E-state index contributed by atoms with van der Waals surface area (Å²) in [7, 11) is 0. The van der Waals surface area contributed by atoms with E-state index in [-0.39, 0.29) is 22.8 Å². The highest BCUT2D eigenvalue weighted by Gasteiger charge is 2.37. The van der Waals surface area contributed by atoms with Crippen LogP contribution < -0.4 is 4.74 Å². The molecule has 8 heteroatoms. The molecule has 1 saturated heterocycles. The molecule has 3 aromatic rings. The first-order valence-corrected chi connectivity index (χ1v) is 11.4. The number of phenolic OH excluding ortho intramolecular Hbond substituents is 1. The van der Waals surface area contributed by atoms with E-state index in [4.69, 9.17) is 26.1 Å². The van der Waals surface area contributed by atoms with Gasteiger partial charge in [-0.25, -0.2) is 9.37 Å². The molecule has 2 fully saturated rings. The molecule has 1 aliphatic heterocycles. The van der Waals surface area contributed by atoms with Gasteiger partial charge in [0, 0.05) is 30.1 Å². The van der Waals surface area contributed by atoms with Crippen LogP contribution in [-0.2, 0) is 9.53 Å². The van der Waals surface area contributed by atoms with Crippen LogP contribution in [0.3, 0.4) is 0 Å². The summed E-state index contributed by atoms with van der Waals surface area (Å²) in [6.45, 7) is 1.23. The van der Waals surface area contributed by atoms with E-state index in [1.165, 1.54) is 6.07 Å². The molecular weight excluding hydrogens is 449 g/mol. The summed E-state index contributed by atoms with van der Waals surface area (Å²) in [4.78, 5) is 16.1. The van der Waals surface area contributed by atoms with Crippen LogP contribution >= 0.6 is 11.6 Å². The van der Waals surface area contributed by atoms with Crippen LogP contribution in [0.4, 0.5) is 4.39 Å². The first kappa shape index (κ1) is 21.9. The SMILES string of the molecule is O=C(O)C1CC(Oc2nc(C3CCOCC3)c(-c3ccc(F)c(Cl)c3)c3ccc(O)cc23)C1. The van der Waals surface area contributed by atoms with E-state index in [0.717, 1.165) is 35.0 Å². The van der Waals surface area contributed by atoms with E-state index in [1.807, 2.05) is 0 Å². The van der Waals surface area contributed by atoms with Gasteiger partial charge in [-0.1, -0.05) is 17.7 Å². The van der Waals surface area contributed by atoms with Crippen molar-refractivity contribution in [3.05, 3.63) is 52.9 Å². The zero-order chi connectivity index (χ0) is 23.1. The number of hydrogen-bond donors (Lipinski definition) is 2. The Morgan fingerprint density at radius 3 is 2.58 bits per heavy atom. The maximum absolute atomic E-state index is 13.9. The minimum absolute atomic E-state index is 0.0202.